The van der Waals surface area contributed by atoms with Gasteiger partial charge in [0.05, 0.1) is 19.7 Å². The summed E-state index contributed by atoms with van der Waals surface area (Å²) in [5.41, 5.74) is 1.04. The van der Waals surface area contributed by atoms with Gasteiger partial charge >= 0.3 is 0 Å². The molecule has 23 heavy (non-hydrogen) atoms. The Hall–Kier alpha value is -2.57. The maximum absolute atomic E-state index is 5.62. The molecule has 0 atom stereocenters. The minimum absolute atomic E-state index is 0.430. The molecular weight excluding hydrogens is 294 g/mol. The predicted molar refractivity (Wildman–Crippen MR) is 88.3 cm³/mol. The lowest BCUT2D eigenvalue weighted by Crippen LogP contribution is -2.36. The average molecular weight is 317 g/mol. The van der Waals surface area contributed by atoms with Crippen LogP contribution in [0.3, 0.4) is 0 Å². The van der Waals surface area contributed by atoms with Crippen molar-refractivity contribution in [3.63, 3.8) is 0 Å². The number of aliphatic imine (C=N–C) groups is 1. The van der Waals surface area contributed by atoms with Gasteiger partial charge in [0.15, 0.2) is 11.8 Å². The van der Waals surface area contributed by atoms with Crippen molar-refractivity contribution < 1.29 is 9.26 Å². The molecule has 0 aliphatic rings. The van der Waals surface area contributed by atoms with Crippen molar-refractivity contribution in [1.82, 2.24) is 20.8 Å². The molecule has 0 radical (unpaired) electrons. The van der Waals surface area contributed by atoms with Crippen molar-refractivity contribution in [1.29, 1.82) is 0 Å². The summed E-state index contributed by atoms with van der Waals surface area (Å²) < 4.78 is 10.7. The molecule has 0 spiro atoms. The van der Waals surface area contributed by atoms with E-state index in [2.05, 4.69) is 25.8 Å². The summed E-state index contributed by atoms with van der Waals surface area (Å²) in [5, 5.41) is 10.1. The second-order valence-corrected chi connectivity index (χ2v) is 4.82. The quantitative estimate of drug-likeness (QED) is 0.600. The lowest BCUT2D eigenvalue weighted by molar-refractivity contribution is 0.336. The van der Waals surface area contributed by atoms with E-state index in [1.165, 1.54) is 0 Å². The van der Waals surface area contributed by atoms with E-state index in [0.29, 0.717) is 37.4 Å². The molecule has 2 aromatic rings. The Kier molecular flexibility index (Phi) is 6.40. The number of aryl methyl sites for hydroxylation is 1. The van der Waals surface area contributed by atoms with Gasteiger partial charge in [0.1, 0.15) is 5.75 Å². The first-order chi connectivity index (χ1) is 11.2. The van der Waals surface area contributed by atoms with Crippen LogP contribution in [0.25, 0.3) is 0 Å². The number of hydrogen-bond donors (Lipinski definition) is 2. The lowest BCUT2D eigenvalue weighted by Gasteiger charge is -2.11. The van der Waals surface area contributed by atoms with E-state index in [1.807, 2.05) is 38.1 Å². The van der Waals surface area contributed by atoms with Crippen molar-refractivity contribution in [3.05, 3.63) is 41.5 Å². The SMILES string of the molecule is CCNC(=NCc1ccccc1OCC)NCc1nc(C)no1. The van der Waals surface area contributed by atoms with Gasteiger partial charge in [-0.15, -0.1) is 0 Å². The maximum atomic E-state index is 5.62. The number of nitrogens with zero attached hydrogens (tertiary/aromatic N) is 3. The summed E-state index contributed by atoms with van der Waals surface area (Å²) in [5.74, 6) is 2.70. The van der Waals surface area contributed by atoms with E-state index in [0.717, 1.165) is 17.9 Å². The van der Waals surface area contributed by atoms with Gasteiger partial charge in [-0.05, 0) is 26.8 Å². The molecule has 0 unspecified atom stereocenters. The van der Waals surface area contributed by atoms with Crippen LogP contribution in [0, 0.1) is 6.92 Å². The fourth-order valence-electron chi connectivity index (χ4n) is 2.01. The van der Waals surface area contributed by atoms with Gasteiger partial charge in [-0.2, -0.15) is 4.98 Å². The number of benzene rings is 1. The molecule has 1 aromatic heterocycles. The van der Waals surface area contributed by atoms with Gasteiger partial charge in [0, 0.05) is 12.1 Å². The number of nitrogens with one attached hydrogen (secondary N) is 2. The zero-order valence-corrected chi connectivity index (χ0v) is 13.8. The van der Waals surface area contributed by atoms with E-state index >= 15 is 0 Å². The van der Waals surface area contributed by atoms with Crippen LogP contribution in [0.5, 0.6) is 5.75 Å². The molecule has 1 aromatic carbocycles. The van der Waals surface area contributed by atoms with Crippen LogP contribution >= 0.6 is 0 Å². The van der Waals surface area contributed by atoms with Gasteiger partial charge in [-0.1, -0.05) is 23.4 Å². The molecule has 0 saturated heterocycles. The second-order valence-electron chi connectivity index (χ2n) is 4.82. The van der Waals surface area contributed by atoms with E-state index in [1.54, 1.807) is 6.92 Å². The number of guanidine groups is 1. The Morgan fingerprint density at radius 1 is 1.26 bits per heavy atom. The minimum Gasteiger partial charge on any atom is -0.494 e. The first-order valence-electron chi connectivity index (χ1n) is 7.75. The molecule has 0 amide bonds. The van der Waals surface area contributed by atoms with Crippen LogP contribution in [0.15, 0.2) is 33.8 Å². The average Bonchev–Trinajstić information content (AvgIpc) is 2.97. The zero-order chi connectivity index (χ0) is 16.5. The first-order valence-corrected chi connectivity index (χ1v) is 7.75. The standard InChI is InChI=1S/C16H23N5O2/c1-4-17-16(19-11-15-20-12(3)21-23-15)18-10-13-8-6-7-9-14(13)22-5-2/h6-9H,4-5,10-11H2,1-3H3,(H2,17,18,19). The highest BCUT2D eigenvalue weighted by Crippen LogP contribution is 2.18. The van der Waals surface area contributed by atoms with Crippen molar-refractivity contribution in [2.45, 2.75) is 33.9 Å². The summed E-state index contributed by atoms with van der Waals surface area (Å²) in [4.78, 5) is 8.73. The predicted octanol–water partition coefficient (Wildman–Crippen LogP) is 2.03. The Labute approximate surface area is 136 Å². The number of ether oxygens (including phenoxy) is 1. The minimum atomic E-state index is 0.430. The van der Waals surface area contributed by atoms with Gasteiger partial charge in [-0.3, -0.25) is 0 Å². The second kappa shape index (κ2) is 8.77. The van der Waals surface area contributed by atoms with Crippen LogP contribution in [0.4, 0.5) is 0 Å². The van der Waals surface area contributed by atoms with Gasteiger partial charge in [0.25, 0.3) is 0 Å². The maximum Gasteiger partial charge on any atom is 0.246 e. The van der Waals surface area contributed by atoms with E-state index in [-0.39, 0.29) is 0 Å². The third kappa shape index (κ3) is 5.28. The third-order valence-corrected chi connectivity index (χ3v) is 3.00. The Balaban J connectivity index is 2.00. The Morgan fingerprint density at radius 2 is 2.09 bits per heavy atom. The fraction of sp³-hybridized carbons (Fsp3) is 0.438. The monoisotopic (exact) mass is 317 g/mol. The molecule has 0 fully saturated rings. The number of hydrogen-bond acceptors (Lipinski definition) is 5. The van der Waals surface area contributed by atoms with Crippen LogP contribution < -0.4 is 15.4 Å². The van der Waals surface area contributed by atoms with Crippen LogP contribution in [0.1, 0.15) is 31.1 Å². The Morgan fingerprint density at radius 3 is 2.78 bits per heavy atom. The summed E-state index contributed by atoms with van der Waals surface area (Å²) in [6.45, 7) is 8.13. The van der Waals surface area contributed by atoms with E-state index < -0.39 is 0 Å². The van der Waals surface area contributed by atoms with E-state index in [4.69, 9.17) is 9.26 Å². The molecule has 2 N–H and O–H groups in total. The van der Waals surface area contributed by atoms with Crippen molar-refractivity contribution in [2.75, 3.05) is 13.2 Å². The highest BCUT2D eigenvalue weighted by Gasteiger charge is 2.05. The van der Waals surface area contributed by atoms with Crippen molar-refractivity contribution >= 4 is 5.96 Å². The molecule has 2 rings (SSSR count). The van der Waals surface area contributed by atoms with Crippen LogP contribution in [0.2, 0.25) is 0 Å². The van der Waals surface area contributed by atoms with Gasteiger partial charge < -0.3 is 19.9 Å². The molecule has 0 aliphatic carbocycles. The van der Waals surface area contributed by atoms with Crippen LogP contribution in [-0.4, -0.2) is 29.3 Å². The Bertz CT molecular complexity index is 639. The molecule has 0 aliphatic heterocycles. The van der Waals surface area contributed by atoms with Crippen LogP contribution in [-0.2, 0) is 13.1 Å². The topological polar surface area (TPSA) is 84.6 Å². The fourth-order valence-corrected chi connectivity index (χ4v) is 2.01. The van der Waals surface area contributed by atoms with Gasteiger partial charge in [0.2, 0.25) is 5.89 Å². The summed E-state index contributed by atoms with van der Waals surface area (Å²) in [7, 11) is 0. The summed E-state index contributed by atoms with van der Waals surface area (Å²) in [6.07, 6.45) is 0. The number of para-hydroxylation sites is 1. The zero-order valence-electron chi connectivity index (χ0n) is 13.8. The number of rotatable bonds is 7. The van der Waals surface area contributed by atoms with E-state index in [9.17, 15) is 0 Å². The molecule has 1 heterocycles. The van der Waals surface area contributed by atoms with Crippen molar-refractivity contribution in [2.24, 2.45) is 4.99 Å². The molecule has 7 heteroatoms. The molecule has 0 saturated carbocycles. The number of aromatic nitrogens is 2. The summed E-state index contributed by atoms with van der Waals surface area (Å²) >= 11 is 0. The van der Waals surface area contributed by atoms with Gasteiger partial charge in [-0.25, -0.2) is 4.99 Å². The lowest BCUT2D eigenvalue weighted by atomic mass is 10.2. The smallest absolute Gasteiger partial charge is 0.246 e. The highest BCUT2D eigenvalue weighted by atomic mass is 16.5. The third-order valence-electron chi connectivity index (χ3n) is 3.00. The molecule has 0 bridgehead atoms. The first kappa shape index (κ1) is 16.8. The highest BCUT2D eigenvalue weighted by molar-refractivity contribution is 5.79. The van der Waals surface area contributed by atoms with Crippen molar-refractivity contribution in [3.8, 4) is 5.75 Å². The molecule has 124 valence electrons. The molecular formula is C16H23N5O2. The summed E-state index contributed by atoms with van der Waals surface area (Å²) in [6, 6.07) is 7.91. The molecule has 7 nitrogen and oxygen atoms in total. The largest absolute Gasteiger partial charge is 0.494 e. The normalized spacial score (nSPS) is 11.3.